The Hall–Kier alpha value is -8.72. The first-order chi connectivity index (χ1) is 44.0. The second-order valence-corrected chi connectivity index (χ2v) is 15.6. The van der Waals surface area contributed by atoms with E-state index in [1.54, 1.807) is 12.1 Å². The van der Waals surface area contributed by atoms with E-state index in [9.17, 15) is 17.8 Å². The fraction of sp³-hybridized carbons (Fsp3) is 0.0154. The average Bonchev–Trinajstić information content (AvgIpc) is 1.52. The first-order valence-corrected chi connectivity index (χ1v) is 21.0. The molecule has 0 aliphatic heterocycles. The van der Waals surface area contributed by atoms with Crippen molar-refractivity contribution < 1.29 is 40.1 Å². The summed E-state index contributed by atoms with van der Waals surface area (Å²) in [6.45, 7) is 0. The van der Waals surface area contributed by atoms with E-state index in [0.29, 0.717) is 22.3 Å². The van der Waals surface area contributed by atoms with Crippen molar-refractivity contribution >= 4 is 49.8 Å². The molecule has 2 heteroatoms. The van der Waals surface area contributed by atoms with Gasteiger partial charge in [-0.3, -0.25) is 0 Å². The third kappa shape index (κ3) is 6.26. The molecule has 1 heterocycles. The molecule has 0 fully saturated rings. The predicted octanol–water partition coefficient (Wildman–Crippen LogP) is 17.6. The Labute approximate surface area is 426 Å². The number of benzene rings is 11. The smallest absolute Gasteiger partial charge is 0.136 e. The quantitative estimate of drug-likeness (QED) is 0.151. The van der Waals surface area contributed by atoms with Gasteiger partial charge in [0.2, 0.25) is 0 Å². The van der Waals surface area contributed by atoms with Gasteiger partial charge in [0.05, 0.1) is 41.1 Å². The lowest BCUT2D eigenvalue weighted by molar-refractivity contribution is 0.669. The van der Waals surface area contributed by atoms with Crippen molar-refractivity contribution in [2.24, 2.45) is 0 Å². The highest BCUT2D eigenvalue weighted by Crippen LogP contribution is 2.57. The molecule has 0 saturated carbocycles. The lowest BCUT2D eigenvalue weighted by Gasteiger charge is -2.35. The van der Waals surface area contributed by atoms with E-state index in [1.165, 1.54) is 12.1 Å². The largest absolute Gasteiger partial charge is 0.456 e. The minimum atomic E-state index is -3.26. The first-order valence-electron chi connectivity index (χ1n) is 34.0. The van der Waals surface area contributed by atoms with Crippen LogP contribution in [0.25, 0.3) is 77.2 Å². The van der Waals surface area contributed by atoms with Crippen LogP contribution in [0.3, 0.4) is 0 Å². The molecule has 0 unspecified atom stereocenters. The topological polar surface area (TPSA) is 16.4 Å². The summed E-state index contributed by atoms with van der Waals surface area (Å²) < 4.78 is 249. The molecule has 13 rings (SSSR count). The Kier molecular flexibility index (Phi) is 4.85. The van der Waals surface area contributed by atoms with E-state index in [0.717, 1.165) is 37.6 Å². The highest BCUT2D eigenvalue weighted by atomic mass is 16.3. The van der Waals surface area contributed by atoms with Gasteiger partial charge in [-0.1, -0.05) is 206 Å². The molecular weight excluding hydrogens is 811 g/mol. The number of fused-ring (bicyclic) bond motifs is 7. The van der Waals surface area contributed by atoms with Crippen LogP contribution in [0, 0.1) is 0 Å². The minimum Gasteiger partial charge on any atom is -0.456 e. The number of hydrogen-bond acceptors (Lipinski definition) is 2. The number of furan rings is 1. The van der Waals surface area contributed by atoms with Gasteiger partial charge < -0.3 is 9.32 Å². The average molecular weight is 880 g/mol. The van der Waals surface area contributed by atoms with Gasteiger partial charge in [0.15, 0.2) is 0 Å². The highest BCUT2D eigenvalue weighted by Gasteiger charge is 2.46. The fourth-order valence-corrected chi connectivity index (χ4v) is 9.17. The highest BCUT2D eigenvalue weighted by molar-refractivity contribution is 6.09. The van der Waals surface area contributed by atoms with E-state index in [1.807, 2.05) is 78.9 Å². The molecule has 12 aromatic rings. The number of nitrogens with zero attached hydrogens (tertiary/aromatic N) is 1. The van der Waals surface area contributed by atoms with Crippen LogP contribution in [0.15, 0.2) is 265 Å². The zero-order valence-corrected chi connectivity index (χ0v) is 34.7. The van der Waals surface area contributed by atoms with Crippen LogP contribution in [0.5, 0.6) is 0 Å². The summed E-state index contributed by atoms with van der Waals surface area (Å²) in [5.41, 5.74) is -7.98. The Bertz CT molecular complexity index is 5190. The molecule has 1 aliphatic rings. The maximum Gasteiger partial charge on any atom is 0.136 e. The van der Waals surface area contributed by atoms with Crippen LogP contribution in [-0.2, 0) is 5.41 Å². The number of anilines is 3. The third-order valence-corrected chi connectivity index (χ3v) is 12.1. The van der Waals surface area contributed by atoms with Crippen LogP contribution < -0.4 is 4.90 Å². The summed E-state index contributed by atoms with van der Waals surface area (Å²) >= 11 is 0. The van der Waals surface area contributed by atoms with E-state index < -0.39 is 218 Å². The molecule has 1 aliphatic carbocycles. The molecule has 0 N–H and O–H groups in total. The normalized spacial score (nSPS) is 18.0. The number of rotatable bonds is 8. The van der Waals surface area contributed by atoms with Gasteiger partial charge in [-0.05, 0) is 132 Å². The Morgan fingerprint density at radius 3 is 1.73 bits per heavy atom. The summed E-state index contributed by atoms with van der Waals surface area (Å²) in [6, 6.07) is 4.20. The van der Waals surface area contributed by atoms with Crippen LogP contribution in [0.4, 0.5) is 17.1 Å². The maximum atomic E-state index is 10.8. The van der Waals surface area contributed by atoms with Crippen LogP contribution >= 0.6 is 0 Å². The first kappa shape index (κ1) is 20.6. The molecule has 11 aromatic carbocycles. The lowest BCUT2D eigenvalue weighted by atomic mass is 9.67. The molecule has 0 bridgehead atoms. The van der Waals surface area contributed by atoms with Crippen LogP contribution in [-0.4, -0.2) is 0 Å². The fourth-order valence-electron chi connectivity index (χ4n) is 9.17. The molecule has 67 heavy (non-hydrogen) atoms. The molecule has 0 saturated heterocycles. The van der Waals surface area contributed by atoms with E-state index in [2.05, 4.69) is 0 Å². The van der Waals surface area contributed by atoms with Crippen molar-refractivity contribution in [2.75, 3.05) is 4.90 Å². The molecule has 0 spiro atoms. The molecule has 2 nitrogen and oxygen atoms in total. The van der Waals surface area contributed by atoms with Gasteiger partial charge in [-0.2, -0.15) is 0 Å². The van der Waals surface area contributed by atoms with Crippen molar-refractivity contribution in [3.05, 3.63) is 282 Å². The summed E-state index contributed by atoms with van der Waals surface area (Å²) in [4.78, 5) is 0.864. The Balaban J connectivity index is 1.18. The summed E-state index contributed by atoms with van der Waals surface area (Å²) in [6.07, 6.45) is 0. The Morgan fingerprint density at radius 1 is 0.373 bits per heavy atom. The molecular formula is C65H43NO. The molecule has 0 radical (unpaired) electrons. The zero-order chi connectivity index (χ0) is 66.9. The van der Waals surface area contributed by atoms with Gasteiger partial charge in [0.25, 0.3) is 0 Å². The van der Waals surface area contributed by atoms with Crippen molar-refractivity contribution in [2.45, 2.75) is 5.41 Å². The summed E-state index contributed by atoms with van der Waals surface area (Å²) in [5, 5.41) is 3.46. The van der Waals surface area contributed by atoms with E-state index in [4.69, 9.17) is 22.2 Å². The molecule has 0 amide bonds. The molecule has 1 aromatic heterocycles. The van der Waals surface area contributed by atoms with Gasteiger partial charge >= 0.3 is 0 Å². The van der Waals surface area contributed by atoms with Crippen LogP contribution in [0.2, 0.25) is 0 Å². The second kappa shape index (κ2) is 15.8. The monoisotopic (exact) mass is 879 g/mol. The maximum absolute atomic E-state index is 10.8. The third-order valence-electron chi connectivity index (χ3n) is 12.1. The number of para-hydroxylation sites is 1. The number of hydrogen-bond donors (Lipinski definition) is 0. The van der Waals surface area contributed by atoms with Crippen molar-refractivity contribution in [1.29, 1.82) is 0 Å². The predicted molar refractivity (Wildman–Crippen MR) is 280 cm³/mol. The van der Waals surface area contributed by atoms with E-state index in [-0.39, 0.29) is 5.69 Å². The summed E-state index contributed by atoms with van der Waals surface area (Å²) in [5.74, 6) is 0. The van der Waals surface area contributed by atoms with Gasteiger partial charge in [0.1, 0.15) is 11.2 Å². The molecule has 314 valence electrons. The van der Waals surface area contributed by atoms with Crippen LogP contribution in [0.1, 0.15) is 57.9 Å². The van der Waals surface area contributed by atoms with Crippen molar-refractivity contribution in [1.82, 2.24) is 0 Å². The minimum absolute atomic E-state index is 0.210. The lowest BCUT2D eigenvalue weighted by Crippen LogP contribution is -2.28. The van der Waals surface area contributed by atoms with E-state index >= 15 is 0 Å². The van der Waals surface area contributed by atoms with Gasteiger partial charge in [-0.25, -0.2) is 0 Å². The SMILES string of the molecule is [2H]c1c([2H])c([2H])c(-c2c([2H])c([2H])c(N(c3ccc(-c4ccc5ccccc5c4-c4ccc5c(c4)oc4ccccc45)cc3)c3c([2H])c([2H])c4c(c3[2H])C(c3c([2H])c([2H])c([2H])c([2H])c3[2H])(c3c([2H])c([2H])c([2H])c([2H])c3[2H])c3c([2H])c([2H])c([2H])c([2H])c3-4)c([2H])c2[2H])c([2H])c1[2H]. The standard InChI is InChI=1S/C65H43NO/c1-4-16-44(17-5-1)45-28-34-51(35-29-45)66(53-38-41-57-56-24-12-14-26-60(56)65(61(57)43-53,49-19-6-2-7-20-49)50-21-8-3-9-22-50)52-36-30-47(31-37-52)55-39-32-46-18-10-11-23-54(46)64(55)48-33-40-59-58-25-13-15-27-62(58)67-63(59)42-48/h1-43H/i1D,2D,3D,4D,5D,6D,7D,8D,9D,12D,14D,16D,17D,19D,20D,21D,22D,24D,26D,28D,29D,34D,35D,38D,41D,43D. The Morgan fingerprint density at radius 2 is 0.970 bits per heavy atom. The van der Waals surface area contributed by atoms with Gasteiger partial charge in [0, 0.05) is 27.8 Å². The zero-order valence-electron chi connectivity index (χ0n) is 60.7. The van der Waals surface area contributed by atoms with Crippen molar-refractivity contribution in [3.8, 4) is 44.5 Å². The molecule has 0 atom stereocenters. The van der Waals surface area contributed by atoms with Gasteiger partial charge in [-0.15, -0.1) is 0 Å². The summed E-state index contributed by atoms with van der Waals surface area (Å²) in [7, 11) is 0. The second-order valence-electron chi connectivity index (χ2n) is 15.6. The van der Waals surface area contributed by atoms with Crippen molar-refractivity contribution in [3.63, 3.8) is 0 Å².